The molecule has 0 N–H and O–H groups in total. The van der Waals surface area contributed by atoms with E-state index in [2.05, 4.69) is 17.9 Å². The number of rotatable bonds is 6. The van der Waals surface area contributed by atoms with Gasteiger partial charge in [0.05, 0.1) is 22.5 Å². The molecule has 0 aromatic carbocycles. The van der Waals surface area contributed by atoms with Gasteiger partial charge in [0.1, 0.15) is 21.8 Å². The lowest BCUT2D eigenvalue weighted by Crippen LogP contribution is -2.39. The Bertz CT molecular complexity index is 1300. The molecule has 0 bridgehead atoms. The molecule has 0 saturated carbocycles. The van der Waals surface area contributed by atoms with E-state index in [1.54, 1.807) is 17.6 Å². The fourth-order valence-electron chi connectivity index (χ4n) is 5.20. The van der Waals surface area contributed by atoms with E-state index in [1.807, 2.05) is 0 Å². The van der Waals surface area contributed by atoms with Gasteiger partial charge in [0.15, 0.2) is 9.84 Å². The number of carbonyl (C=O) groups is 1. The lowest BCUT2D eigenvalue weighted by Gasteiger charge is -2.29. The molecule has 3 fully saturated rings. The van der Waals surface area contributed by atoms with Crippen molar-refractivity contribution >= 4 is 55.9 Å². The second-order valence-electron chi connectivity index (χ2n) is 9.67. The van der Waals surface area contributed by atoms with E-state index < -0.39 is 15.9 Å². The number of thiocarbonyl (C=S) groups is 1. The molecule has 3 saturated heterocycles. The molecule has 1 atom stereocenters. The molecular formula is C25H32N4O4S3. The molecule has 0 spiro atoms. The van der Waals surface area contributed by atoms with Crippen LogP contribution in [0.4, 0.5) is 5.82 Å². The van der Waals surface area contributed by atoms with Crippen molar-refractivity contribution < 1.29 is 13.2 Å². The molecule has 0 radical (unpaired) electrons. The molecule has 1 aromatic heterocycles. The van der Waals surface area contributed by atoms with Crippen molar-refractivity contribution in [2.45, 2.75) is 71.4 Å². The largest absolute Gasteiger partial charge is 0.357 e. The van der Waals surface area contributed by atoms with Crippen molar-refractivity contribution in [2.24, 2.45) is 0 Å². The van der Waals surface area contributed by atoms with Crippen molar-refractivity contribution in [3.05, 3.63) is 31.9 Å². The normalized spacial score (nSPS) is 23.4. The smallest absolute Gasteiger partial charge is 0.270 e. The van der Waals surface area contributed by atoms with Crippen molar-refractivity contribution in [3.8, 4) is 6.07 Å². The number of hydrogen-bond acceptors (Lipinski definition) is 8. The minimum absolute atomic E-state index is 0.0555. The number of nitriles is 1. The van der Waals surface area contributed by atoms with E-state index in [0.29, 0.717) is 33.3 Å². The summed E-state index contributed by atoms with van der Waals surface area (Å²) in [5.74, 6) is 0.434. The summed E-state index contributed by atoms with van der Waals surface area (Å²) >= 11 is 6.66. The number of pyridine rings is 1. The summed E-state index contributed by atoms with van der Waals surface area (Å²) in [4.78, 5) is 30.9. The van der Waals surface area contributed by atoms with Crippen LogP contribution >= 0.6 is 24.0 Å². The third-order valence-corrected chi connectivity index (χ3v) is 10.2. The van der Waals surface area contributed by atoms with Crippen molar-refractivity contribution in [1.29, 1.82) is 5.26 Å². The van der Waals surface area contributed by atoms with Gasteiger partial charge in [-0.05, 0) is 44.2 Å². The molecule has 0 aliphatic carbocycles. The number of sulfone groups is 1. The Hall–Kier alpha value is -2.16. The number of hydrogen-bond donors (Lipinski definition) is 0. The van der Waals surface area contributed by atoms with Gasteiger partial charge in [-0.3, -0.25) is 19.1 Å². The zero-order chi connectivity index (χ0) is 26.0. The van der Waals surface area contributed by atoms with E-state index in [1.165, 1.54) is 4.90 Å². The van der Waals surface area contributed by atoms with E-state index in [4.69, 9.17) is 12.2 Å². The Morgan fingerprint density at radius 1 is 1.19 bits per heavy atom. The number of carbonyl (C=O) groups excluding carboxylic acids is 1. The number of thioether (sulfide) groups is 1. The number of anilines is 1. The molecule has 194 valence electrons. The average Bonchev–Trinajstić information content (AvgIpc) is 3.18. The topological polar surface area (TPSA) is 103 Å². The van der Waals surface area contributed by atoms with E-state index in [-0.39, 0.29) is 28.5 Å². The molecule has 8 nitrogen and oxygen atoms in total. The van der Waals surface area contributed by atoms with Gasteiger partial charge in [0.25, 0.3) is 11.5 Å². The Balaban J connectivity index is 1.85. The molecule has 3 aliphatic rings. The van der Waals surface area contributed by atoms with Gasteiger partial charge < -0.3 is 4.90 Å². The molecule has 1 amide bonds. The first-order valence-electron chi connectivity index (χ1n) is 12.6. The third kappa shape index (κ3) is 5.27. The molecule has 4 rings (SSSR count). The van der Waals surface area contributed by atoms with Crippen LogP contribution in [0.15, 0.2) is 9.70 Å². The van der Waals surface area contributed by atoms with Gasteiger partial charge in [-0.2, -0.15) is 5.26 Å². The fraction of sp³-hybridized carbons (Fsp3) is 0.600. The number of nitrogens with zero attached hydrogens (tertiary/aromatic N) is 4. The van der Waals surface area contributed by atoms with Crippen LogP contribution in [0.25, 0.3) is 6.08 Å². The fourth-order valence-corrected chi connectivity index (χ4v) is 8.28. The summed E-state index contributed by atoms with van der Waals surface area (Å²) in [5.41, 5.74) is 1.06. The van der Waals surface area contributed by atoms with E-state index >= 15 is 0 Å². The Kier molecular flexibility index (Phi) is 8.27. The Labute approximate surface area is 222 Å². The lowest BCUT2D eigenvalue weighted by atomic mass is 10.0. The first-order valence-corrected chi connectivity index (χ1v) is 15.6. The van der Waals surface area contributed by atoms with Crippen LogP contribution in [0.2, 0.25) is 0 Å². The van der Waals surface area contributed by atoms with Gasteiger partial charge >= 0.3 is 0 Å². The number of amides is 1. The highest BCUT2D eigenvalue weighted by Crippen LogP contribution is 2.38. The predicted octanol–water partition coefficient (Wildman–Crippen LogP) is 3.60. The minimum atomic E-state index is -3.18. The summed E-state index contributed by atoms with van der Waals surface area (Å²) in [7, 11) is -3.18. The van der Waals surface area contributed by atoms with Crippen LogP contribution in [0.3, 0.4) is 0 Å². The third-order valence-electron chi connectivity index (χ3n) is 7.16. The number of aromatic nitrogens is 1. The second kappa shape index (κ2) is 11.1. The van der Waals surface area contributed by atoms with Gasteiger partial charge in [0, 0.05) is 25.2 Å². The van der Waals surface area contributed by atoms with Crippen LogP contribution in [0.1, 0.15) is 68.6 Å². The van der Waals surface area contributed by atoms with Gasteiger partial charge in [-0.15, -0.1) is 0 Å². The van der Waals surface area contributed by atoms with Crippen molar-refractivity contribution in [3.63, 3.8) is 0 Å². The van der Waals surface area contributed by atoms with Crippen LogP contribution < -0.4 is 10.5 Å². The highest BCUT2D eigenvalue weighted by atomic mass is 32.2. The predicted molar refractivity (Wildman–Crippen MR) is 148 cm³/mol. The first kappa shape index (κ1) is 26.9. The maximum atomic E-state index is 13.5. The quantitative estimate of drug-likeness (QED) is 0.392. The summed E-state index contributed by atoms with van der Waals surface area (Å²) in [5, 5.41) is 9.85. The molecule has 36 heavy (non-hydrogen) atoms. The minimum Gasteiger partial charge on any atom is -0.357 e. The molecule has 1 aromatic rings. The van der Waals surface area contributed by atoms with Gasteiger partial charge in [-0.1, -0.05) is 50.2 Å². The van der Waals surface area contributed by atoms with E-state index in [9.17, 15) is 23.3 Å². The summed E-state index contributed by atoms with van der Waals surface area (Å²) in [6, 6.07) is 1.64. The van der Waals surface area contributed by atoms with Crippen LogP contribution in [-0.2, 0) is 21.2 Å². The van der Waals surface area contributed by atoms with Gasteiger partial charge in [-0.25, -0.2) is 8.42 Å². The Morgan fingerprint density at radius 2 is 1.89 bits per heavy atom. The molecule has 3 aliphatic heterocycles. The van der Waals surface area contributed by atoms with Gasteiger partial charge in [0.2, 0.25) is 0 Å². The Morgan fingerprint density at radius 3 is 2.47 bits per heavy atom. The zero-order valence-corrected chi connectivity index (χ0v) is 23.2. The second-order valence-corrected chi connectivity index (χ2v) is 13.6. The van der Waals surface area contributed by atoms with Crippen molar-refractivity contribution in [2.75, 3.05) is 29.5 Å². The van der Waals surface area contributed by atoms with Crippen LogP contribution in [0, 0.1) is 18.3 Å². The molecule has 11 heteroatoms. The molecule has 1 unspecified atom stereocenters. The highest BCUT2D eigenvalue weighted by molar-refractivity contribution is 8.26. The lowest BCUT2D eigenvalue weighted by molar-refractivity contribution is -0.123. The summed E-state index contributed by atoms with van der Waals surface area (Å²) < 4.78 is 26.1. The maximum absolute atomic E-state index is 13.5. The SMILES string of the molecule is CCCCn1c(N2CCCCCC2)c(/C=C2\SC(=S)N(C3CCS(=O)(=O)C3)C2=O)c(C)c(C#N)c1=O. The summed E-state index contributed by atoms with van der Waals surface area (Å²) in [6.45, 7) is 5.93. The molecule has 4 heterocycles. The zero-order valence-electron chi connectivity index (χ0n) is 20.8. The number of unbranched alkanes of at least 4 members (excludes halogenated alkanes) is 1. The standard InChI is InChI=1S/C25H32N4O4S3/c1-3-4-12-28-22(27-10-7-5-6-8-11-27)19(17(2)20(15-26)23(28)30)14-21-24(31)29(25(34)35-21)18-9-13-36(32,33)16-18/h14,18H,3-13,16H2,1-2H3/b21-14-. The molecular weight excluding hydrogens is 517 g/mol. The van der Waals surface area contributed by atoms with E-state index in [0.717, 1.165) is 69.2 Å². The highest BCUT2D eigenvalue weighted by Gasteiger charge is 2.42. The average molecular weight is 549 g/mol. The maximum Gasteiger partial charge on any atom is 0.270 e. The summed E-state index contributed by atoms with van der Waals surface area (Å²) in [6.07, 6.45) is 8.12. The van der Waals surface area contributed by atoms with Crippen LogP contribution in [-0.4, -0.2) is 58.7 Å². The van der Waals surface area contributed by atoms with Crippen molar-refractivity contribution in [1.82, 2.24) is 9.47 Å². The first-order chi connectivity index (χ1) is 17.2. The monoisotopic (exact) mass is 548 g/mol. The van der Waals surface area contributed by atoms with Crippen LogP contribution in [0.5, 0.6) is 0 Å².